The summed E-state index contributed by atoms with van der Waals surface area (Å²) in [5.74, 6) is -0.682. The zero-order valence-corrected chi connectivity index (χ0v) is 11.3. The molecule has 0 aliphatic heterocycles. The predicted molar refractivity (Wildman–Crippen MR) is 72.9 cm³/mol. The van der Waals surface area contributed by atoms with Crippen LogP contribution in [0.3, 0.4) is 0 Å². The first kappa shape index (κ1) is 13.8. The number of carboxylic acids is 1. The van der Waals surface area contributed by atoms with Gasteiger partial charge in [-0.05, 0) is 43.2 Å². The van der Waals surface area contributed by atoms with Gasteiger partial charge >= 0.3 is 5.97 Å². The number of benzene rings is 1. The normalized spacial score (nSPS) is 27.0. The third-order valence-corrected chi connectivity index (χ3v) is 3.77. The van der Waals surface area contributed by atoms with Gasteiger partial charge in [0.2, 0.25) is 0 Å². The quantitative estimate of drug-likeness (QED) is 0.874. The van der Waals surface area contributed by atoms with E-state index in [1.807, 2.05) is 0 Å². The number of hydrogen-bond donors (Lipinski definition) is 2. The van der Waals surface area contributed by atoms with Crippen molar-refractivity contribution < 1.29 is 14.3 Å². The van der Waals surface area contributed by atoms with Crippen molar-refractivity contribution in [2.75, 3.05) is 5.32 Å². The predicted octanol–water partition coefficient (Wildman–Crippen LogP) is 3.76. The third kappa shape index (κ3) is 3.25. The smallest absolute Gasteiger partial charge is 0.340 e. The largest absolute Gasteiger partial charge is 0.478 e. The van der Waals surface area contributed by atoms with Crippen LogP contribution in [0, 0.1) is 17.7 Å². The van der Waals surface area contributed by atoms with Gasteiger partial charge in [0.05, 0.1) is 5.69 Å². The molecule has 0 heterocycles. The fourth-order valence-corrected chi connectivity index (χ4v) is 3.15. The van der Waals surface area contributed by atoms with Gasteiger partial charge in [-0.15, -0.1) is 0 Å². The Labute approximate surface area is 112 Å². The van der Waals surface area contributed by atoms with Crippen molar-refractivity contribution in [1.29, 1.82) is 0 Å². The Morgan fingerprint density at radius 3 is 2.47 bits per heavy atom. The summed E-state index contributed by atoms with van der Waals surface area (Å²) >= 11 is 0. The Bertz CT molecular complexity index is 465. The van der Waals surface area contributed by atoms with E-state index < -0.39 is 11.8 Å². The zero-order chi connectivity index (χ0) is 14.0. The molecule has 1 saturated carbocycles. The zero-order valence-electron chi connectivity index (χ0n) is 11.3. The maximum absolute atomic E-state index is 13.6. The summed E-state index contributed by atoms with van der Waals surface area (Å²) in [7, 11) is 0. The van der Waals surface area contributed by atoms with E-state index in [-0.39, 0.29) is 11.6 Å². The summed E-state index contributed by atoms with van der Waals surface area (Å²) in [5, 5.41) is 12.3. The first-order valence-electron chi connectivity index (χ1n) is 6.75. The lowest BCUT2D eigenvalue weighted by Crippen LogP contribution is -2.30. The van der Waals surface area contributed by atoms with E-state index >= 15 is 0 Å². The number of carbonyl (C=O) groups is 1. The van der Waals surface area contributed by atoms with Crippen LogP contribution >= 0.6 is 0 Å². The van der Waals surface area contributed by atoms with Crippen LogP contribution < -0.4 is 5.32 Å². The van der Waals surface area contributed by atoms with E-state index in [4.69, 9.17) is 5.11 Å². The SMILES string of the molecule is CC1CC(C)CC(Nc2cccc(F)c2C(=O)O)C1. The standard InChI is InChI=1S/C15H20FNO2/c1-9-6-10(2)8-11(7-9)17-13-5-3-4-12(16)14(13)15(18)19/h3-5,9-11,17H,6-8H2,1-2H3,(H,18,19). The van der Waals surface area contributed by atoms with Crippen LogP contribution in [0.25, 0.3) is 0 Å². The molecule has 0 radical (unpaired) electrons. The number of halogens is 1. The molecular weight excluding hydrogens is 245 g/mol. The lowest BCUT2D eigenvalue weighted by atomic mass is 9.80. The number of rotatable bonds is 3. The van der Waals surface area contributed by atoms with Crippen molar-refractivity contribution in [1.82, 2.24) is 0 Å². The van der Waals surface area contributed by atoms with Crippen LogP contribution in [0.4, 0.5) is 10.1 Å². The van der Waals surface area contributed by atoms with E-state index in [9.17, 15) is 9.18 Å². The fraction of sp³-hybridized carbons (Fsp3) is 0.533. The topological polar surface area (TPSA) is 49.3 Å². The minimum Gasteiger partial charge on any atom is -0.478 e. The molecule has 3 nitrogen and oxygen atoms in total. The van der Waals surface area contributed by atoms with Crippen molar-refractivity contribution in [3.63, 3.8) is 0 Å². The van der Waals surface area contributed by atoms with Crippen LogP contribution in [0.15, 0.2) is 18.2 Å². The van der Waals surface area contributed by atoms with Gasteiger partial charge in [0, 0.05) is 6.04 Å². The molecule has 0 bridgehead atoms. The lowest BCUT2D eigenvalue weighted by Gasteiger charge is -2.32. The molecule has 104 valence electrons. The van der Waals surface area contributed by atoms with Gasteiger partial charge < -0.3 is 10.4 Å². The number of hydrogen-bond acceptors (Lipinski definition) is 2. The number of carboxylic acid groups (broad SMARTS) is 1. The molecule has 1 aliphatic carbocycles. The molecule has 2 atom stereocenters. The van der Waals surface area contributed by atoms with Gasteiger partial charge in [0.1, 0.15) is 11.4 Å². The average molecular weight is 265 g/mol. The monoisotopic (exact) mass is 265 g/mol. The second kappa shape index (κ2) is 5.59. The molecule has 1 aliphatic rings. The molecule has 0 spiro atoms. The second-order valence-corrected chi connectivity index (χ2v) is 5.73. The average Bonchev–Trinajstić information content (AvgIpc) is 2.26. The van der Waals surface area contributed by atoms with Gasteiger partial charge in [-0.1, -0.05) is 19.9 Å². The minimum absolute atomic E-state index is 0.221. The summed E-state index contributed by atoms with van der Waals surface area (Å²) < 4.78 is 13.6. The van der Waals surface area contributed by atoms with Crippen LogP contribution in [0.1, 0.15) is 43.5 Å². The highest BCUT2D eigenvalue weighted by atomic mass is 19.1. The molecule has 1 aromatic rings. The summed E-state index contributed by atoms with van der Waals surface area (Å²) in [6.45, 7) is 4.40. The molecule has 0 saturated heterocycles. The Morgan fingerprint density at radius 1 is 1.26 bits per heavy atom. The molecule has 2 unspecified atom stereocenters. The van der Waals surface area contributed by atoms with Crippen molar-refractivity contribution in [2.45, 2.75) is 39.2 Å². The molecule has 1 fully saturated rings. The van der Waals surface area contributed by atoms with Crippen molar-refractivity contribution in [3.05, 3.63) is 29.6 Å². The minimum atomic E-state index is -1.22. The van der Waals surface area contributed by atoms with Gasteiger partial charge in [0.25, 0.3) is 0 Å². The molecule has 1 aromatic carbocycles. The van der Waals surface area contributed by atoms with Gasteiger partial charge in [-0.3, -0.25) is 0 Å². The van der Waals surface area contributed by atoms with E-state index in [0.717, 1.165) is 12.8 Å². The van der Waals surface area contributed by atoms with Crippen molar-refractivity contribution >= 4 is 11.7 Å². The molecule has 4 heteroatoms. The Morgan fingerprint density at radius 2 is 1.89 bits per heavy atom. The maximum atomic E-state index is 13.6. The second-order valence-electron chi connectivity index (χ2n) is 5.73. The highest BCUT2D eigenvalue weighted by molar-refractivity contribution is 5.94. The van der Waals surface area contributed by atoms with Gasteiger partial charge in [-0.2, -0.15) is 0 Å². The first-order valence-corrected chi connectivity index (χ1v) is 6.75. The number of anilines is 1. The van der Waals surface area contributed by atoms with Crippen LogP contribution in [-0.4, -0.2) is 17.1 Å². The van der Waals surface area contributed by atoms with Crippen LogP contribution in [0.5, 0.6) is 0 Å². The Balaban J connectivity index is 2.19. The third-order valence-electron chi connectivity index (χ3n) is 3.77. The van der Waals surface area contributed by atoms with Crippen molar-refractivity contribution in [2.24, 2.45) is 11.8 Å². The molecular formula is C15H20FNO2. The lowest BCUT2D eigenvalue weighted by molar-refractivity contribution is 0.0693. The fourth-order valence-electron chi connectivity index (χ4n) is 3.15. The molecule has 2 N–H and O–H groups in total. The van der Waals surface area contributed by atoms with E-state index in [2.05, 4.69) is 19.2 Å². The Kier molecular flexibility index (Phi) is 4.08. The Hall–Kier alpha value is -1.58. The van der Waals surface area contributed by atoms with Crippen LogP contribution in [-0.2, 0) is 0 Å². The first-order chi connectivity index (χ1) is 8.97. The molecule has 0 amide bonds. The van der Waals surface area contributed by atoms with E-state index in [1.54, 1.807) is 12.1 Å². The van der Waals surface area contributed by atoms with Crippen molar-refractivity contribution in [3.8, 4) is 0 Å². The summed E-state index contributed by atoms with van der Waals surface area (Å²) in [4.78, 5) is 11.1. The molecule has 19 heavy (non-hydrogen) atoms. The highest BCUT2D eigenvalue weighted by Crippen LogP contribution is 2.31. The number of aromatic carboxylic acids is 1. The highest BCUT2D eigenvalue weighted by Gasteiger charge is 2.25. The molecule has 2 rings (SSSR count). The number of nitrogens with one attached hydrogen (secondary N) is 1. The summed E-state index contributed by atoms with van der Waals surface area (Å²) in [6.07, 6.45) is 3.20. The maximum Gasteiger partial charge on any atom is 0.340 e. The van der Waals surface area contributed by atoms with Gasteiger partial charge in [0.15, 0.2) is 0 Å². The summed E-state index contributed by atoms with van der Waals surface area (Å²) in [5.41, 5.74) is 0.132. The van der Waals surface area contributed by atoms with Gasteiger partial charge in [-0.25, -0.2) is 9.18 Å². The van der Waals surface area contributed by atoms with E-state index in [0.29, 0.717) is 17.5 Å². The summed E-state index contributed by atoms with van der Waals surface area (Å²) in [6, 6.07) is 4.58. The van der Waals surface area contributed by atoms with Crippen LogP contribution in [0.2, 0.25) is 0 Å². The molecule has 0 aromatic heterocycles. The van der Waals surface area contributed by atoms with E-state index in [1.165, 1.54) is 12.5 Å².